The number of hydrogen-bond donors (Lipinski definition) is 3. The predicted molar refractivity (Wildman–Crippen MR) is 140 cm³/mol. The lowest BCUT2D eigenvalue weighted by molar-refractivity contribution is -0.118. The van der Waals surface area contributed by atoms with Crippen LogP contribution in [-0.4, -0.2) is 49.1 Å². The Morgan fingerprint density at radius 1 is 1.22 bits per heavy atom. The zero-order valence-electron chi connectivity index (χ0n) is 19.9. The number of anilines is 5. The van der Waals surface area contributed by atoms with Gasteiger partial charge in [0, 0.05) is 44.7 Å². The number of nitrogens with zero attached hydrogens (tertiary/aromatic N) is 3. The number of carbonyl (C=O) groups excluding carboxylic acids is 2. The van der Waals surface area contributed by atoms with Gasteiger partial charge in [0.05, 0.1) is 22.3 Å². The molecular formula is C25H26BrFN6O3. The molecule has 0 spiro atoms. The van der Waals surface area contributed by atoms with Crippen molar-refractivity contribution < 1.29 is 18.7 Å². The molecule has 11 heteroatoms. The minimum absolute atomic E-state index is 0.000437. The van der Waals surface area contributed by atoms with Crippen molar-refractivity contribution in [3.63, 3.8) is 0 Å². The van der Waals surface area contributed by atoms with E-state index in [2.05, 4.69) is 41.8 Å². The molecule has 0 saturated carbocycles. The van der Waals surface area contributed by atoms with Gasteiger partial charge in [-0.25, -0.2) is 9.37 Å². The second kappa shape index (κ2) is 11.4. The van der Waals surface area contributed by atoms with Crippen LogP contribution in [0.1, 0.15) is 28.8 Å². The van der Waals surface area contributed by atoms with Crippen molar-refractivity contribution in [3.05, 3.63) is 64.0 Å². The van der Waals surface area contributed by atoms with Gasteiger partial charge in [-0.15, -0.1) is 0 Å². The summed E-state index contributed by atoms with van der Waals surface area (Å²) in [7, 11) is 3.08. The SMILES string of the molecule is CNC(=O)c1cccc(F)c1Nc1nc(Nc2ccc3c(c2)N(CCOC)C(=O)CCC3)ncc1Br. The largest absolute Gasteiger partial charge is 0.383 e. The van der Waals surface area contributed by atoms with Crippen molar-refractivity contribution in [3.8, 4) is 0 Å². The van der Waals surface area contributed by atoms with Crippen molar-refractivity contribution >= 4 is 56.6 Å². The molecule has 9 nitrogen and oxygen atoms in total. The summed E-state index contributed by atoms with van der Waals surface area (Å²) >= 11 is 3.38. The van der Waals surface area contributed by atoms with Gasteiger partial charge in [-0.1, -0.05) is 12.1 Å². The second-order valence-electron chi connectivity index (χ2n) is 8.12. The Balaban J connectivity index is 1.62. The third-order valence-electron chi connectivity index (χ3n) is 5.76. The van der Waals surface area contributed by atoms with E-state index >= 15 is 0 Å². The average Bonchev–Trinajstić information content (AvgIpc) is 3.03. The monoisotopic (exact) mass is 556 g/mol. The summed E-state index contributed by atoms with van der Waals surface area (Å²) in [6.45, 7) is 0.896. The lowest BCUT2D eigenvalue weighted by Gasteiger charge is -2.23. The summed E-state index contributed by atoms with van der Waals surface area (Å²) in [6, 6.07) is 10.0. The van der Waals surface area contributed by atoms with Crippen molar-refractivity contribution in [1.82, 2.24) is 15.3 Å². The standard InChI is InChI=1S/C25H26BrFN6O3/c1-28-24(35)17-6-4-7-19(27)22(17)31-23-18(26)14-29-25(32-23)30-16-10-9-15-5-3-8-21(34)33(11-12-36-2)20(15)13-16/h4,6-7,9-10,13-14H,3,5,8,11-12H2,1-2H3,(H,28,35)(H2,29,30,31,32). The molecule has 0 atom stereocenters. The molecule has 3 N–H and O–H groups in total. The number of fused-ring (bicyclic) bond motifs is 1. The van der Waals surface area contributed by atoms with Crippen LogP contribution in [-0.2, 0) is 16.0 Å². The molecule has 2 amide bonds. The fourth-order valence-corrected chi connectivity index (χ4v) is 4.26. The summed E-state index contributed by atoms with van der Waals surface area (Å²) in [5, 5.41) is 8.57. The van der Waals surface area contributed by atoms with Crippen LogP contribution in [0.5, 0.6) is 0 Å². The predicted octanol–water partition coefficient (Wildman–Crippen LogP) is 4.54. The number of carbonyl (C=O) groups is 2. The molecule has 0 saturated heterocycles. The maximum absolute atomic E-state index is 14.6. The first-order valence-corrected chi connectivity index (χ1v) is 12.2. The number of methoxy groups -OCH3 is 1. The molecule has 1 aromatic heterocycles. The normalized spacial score (nSPS) is 13.1. The fraction of sp³-hybridized carbons (Fsp3) is 0.280. The summed E-state index contributed by atoms with van der Waals surface area (Å²) in [5.41, 5.74) is 2.75. The molecule has 0 aliphatic carbocycles. The topological polar surface area (TPSA) is 108 Å². The van der Waals surface area contributed by atoms with Crippen molar-refractivity contribution in [2.75, 3.05) is 42.8 Å². The number of aromatic nitrogens is 2. The highest BCUT2D eigenvalue weighted by molar-refractivity contribution is 9.10. The van der Waals surface area contributed by atoms with Crippen LogP contribution in [0.15, 0.2) is 47.1 Å². The number of amides is 2. The van der Waals surface area contributed by atoms with E-state index < -0.39 is 11.7 Å². The summed E-state index contributed by atoms with van der Waals surface area (Å²) in [6.07, 6.45) is 3.61. The number of halogens is 2. The van der Waals surface area contributed by atoms with Gasteiger partial charge in [-0.3, -0.25) is 9.59 Å². The Kier molecular flexibility index (Phi) is 8.11. The Bertz CT molecular complexity index is 1290. The summed E-state index contributed by atoms with van der Waals surface area (Å²) in [5.74, 6) is -0.441. The summed E-state index contributed by atoms with van der Waals surface area (Å²) < 4.78 is 20.3. The molecule has 0 radical (unpaired) electrons. The second-order valence-corrected chi connectivity index (χ2v) is 8.97. The first kappa shape index (κ1) is 25.5. The number of aryl methyl sites for hydroxylation is 1. The molecule has 0 fully saturated rings. The number of hydrogen-bond acceptors (Lipinski definition) is 7. The van der Waals surface area contributed by atoms with Crippen LogP contribution in [0.25, 0.3) is 0 Å². The molecule has 0 bridgehead atoms. The van der Waals surface area contributed by atoms with Gasteiger partial charge in [0.15, 0.2) is 0 Å². The molecule has 4 rings (SSSR count). The molecule has 1 aliphatic rings. The Hall–Kier alpha value is -3.57. The first-order valence-electron chi connectivity index (χ1n) is 11.4. The molecule has 1 aliphatic heterocycles. The van der Waals surface area contributed by atoms with Gasteiger partial charge in [0.2, 0.25) is 11.9 Å². The number of nitrogens with one attached hydrogen (secondary N) is 3. The third-order valence-corrected chi connectivity index (χ3v) is 6.34. The van der Waals surface area contributed by atoms with E-state index in [9.17, 15) is 14.0 Å². The molecule has 188 valence electrons. The zero-order valence-corrected chi connectivity index (χ0v) is 21.5. The van der Waals surface area contributed by atoms with Gasteiger partial charge in [0.1, 0.15) is 11.6 Å². The molecule has 0 unspecified atom stereocenters. The number of benzene rings is 2. The van der Waals surface area contributed by atoms with Crippen molar-refractivity contribution in [1.29, 1.82) is 0 Å². The Morgan fingerprint density at radius 3 is 2.83 bits per heavy atom. The van der Waals surface area contributed by atoms with E-state index in [1.165, 1.54) is 31.4 Å². The highest BCUT2D eigenvalue weighted by atomic mass is 79.9. The maximum atomic E-state index is 14.6. The lowest BCUT2D eigenvalue weighted by Crippen LogP contribution is -2.33. The minimum Gasteiger partial charge on any atom is -0.383 e. The van der Waals surface area contributed by atoms with Gasteiger partial charge >= 0.3 is 0 Å². The van der Waals surface area contributed by atoms with Crippen LogP contribution >= 0.6 is 15.9 Å². The third kappa shape index (κ3) is 5.63. The maximum Gasteiger partial charge on any atom is 0.253 e. The van der Waals surface area contributed by atoms with E-state index in [0.29, 0.717) is 29.7 Å². The quantitative estimate of drug-likeness (QED) is 0.373. The highest BCUT2D eigenvalue weighted by Gasteiger charge is 2.23. The van der Waals surface area contributed by atoms with Crippen LogP contribution in [0.2, 0.25) is 0 Å². The van der Waals surface area contributed by atoms with Gasteiger partial charge in [-0.05, 0) is 58.6 Å². The molecule has 36 heavy (non-hydrogen) atoms. The van der Waals surface area contributed by atoms with E-state index in [-0.39, 0.29) is 28.9 Å². The Labute approximate surface area is 216 Å². The molecule has 2 aromatic carbocycles. The number of ether oxygens (including phenoxy) is 1. The van der Waals surface area contributed by atoms with Crippen LogP contribution < -0.4 is 20.9 Å². The number of para-hydroxylation sites is 1. The average molecular weight is 557 g/mol. The first-order chi connectivity index (χ1) is 17.4. The molecular weight excluding hydrogens is 531 g/mol. The minimum atomic E-state index is -0.595. The van der Waals surface area contributed by atoms with E-state index in [0.717, 1.165) is 24.1 Å². The van der Waals surface area contributed by atoms with Crippen LogP contribution in [0.4, 0.5) is 33.2 Å². The van der Waals surface area contributed by atoms with E-state index in [1.807, 2.05) is 18.2 Å². The smallest absolute Gasteiger partial charge is 0.253 e. The number of rotatable bonds is 8. The van der Waals surface area contributed by atoms with Crippen LogP contribution in [0, 0.1) is 5.82 Å². The lowest BCUT2D eigenvalue weighted by atomic mass is 10.1. The highest BCUT2D eigenvalue weighted by Crippen LogP contribution is 2.32. The Morgan fingerprint density at radius 2 is 2.06 bits per heavy atom. The van der Waals surface area contributed by atoms with Gasteiger partial charge in [-0.2, -0.15) is 4.98 Å². The van der Waals surface area contributed by atoms with Gasteiger partial charge in [0.25, 0.3) is 5.91 Å². The fourth-order valence-electron chi connectivity index (χ4n) is 3.97. The van der Waals surface area contributed by atoms with Crippen molar-refractivity contribution in [2.45, 2.75) is 19.3 Å². The van der Waals surface area contributed by atoms with Crippen LogP contribution in [0.3, 0.4) is 0 Å². The summed E-state index contributed by atoms with van der Waals surface area (Å²) in [4.78, 5) is 35.4. The zero-order chi connectivity index (χ0) is 25.7. The van der Waals surface area contributed by atoms with E-state index in [4.69, 9.17) is 4.74 Å². The van der Waals surface area contributed by atoms with Crippen molar-refractivity contribution in [2.24, 2.45) is 0 Å². The van der Waals surface area contributed by atoms with E-state index in [1.54, 1.807) is 12.0 Å². The van der Waals surface area contributed by atoms with Gasteiger partial charge < -0.3 is 25.6 Å². The molecule has 3 aromatic rings. The molecule has 2 heterocycles.